The van der Waals surface area contributed by atoms with Crippen LogP contribution in [-0.2, 0) is 9.59 Å². The molecule has 1 rings (SSSR count). The van der Waals surface area contributed by atoms with Crippen LogP contribution in [0, 0.1) is 5.41 Å². The van der Waals surface area contributed by atoms with Crippen LogP contribution < -0.4 is 9.47 Å². The maximum atomic E-state index is 12.2. The predicted molar refractivity (Wildman–Crippen MR) is 123 cm³/mol. The Hall–Kier alpha value is -1.84. The molecule has 4 nitrogen and oxygen atoms in total. The summed E-state index contributed by atoms with van der Waals surface area (Å²) in [6.45, 7) is 8.95. The van der Waals surface area contributed by atoms with Crippen LogP contribution in [-0.4, -0.2) is 11.9 Å². The number of hydrogen-bond acceptors (Lipinski definition) is 4. The summed E-state index contributed by atoms with van der Waals surface area (Å²) in [4.78, 5) is 24.3. The lowest BCUT2D eigenvalue weighted by molar-refractivity contribution is -0.137. The standard InChI is InChI=1S/C26H42O4/c1-5-6-7-8-9-12-19-24(27)29-22-17-14-15-18-23(22)30-25(28)20-13-10-11-16-21-26(2,3)4/h14-15,17-18H,5-13,16,19-21H2,1-4H3. The molecule has 0 spiro atoms. The molecule has 0 aliphatic rings. The average molecular weight is 419 g/mol. The van der Waals surface area contributed by atoms with Gasteiger partial charge in [-0.1, -0.05) is 91.2 Å². The van der Waals surface area contributed by atoms with Crippen molar-refractivity contribution in [3.8, 4) is 11.5 Å². The van der Waals surface area contributed by atoms with Gasteiger partial charge in [0.15, 0.2) is 11.5 Å². The van der Waals surface area contributed by atoms with E-state index in [4.69, 9.17) is 9.47 Å². The van der Waals surface area contributed by atoms with Gasteiger partial charge in [0.05, 0.1) is 0 Å². The zero-order valence-corrected chi connectivity index (χ0v) is 19.6. The molecule has 1 aromatic carbocycles. The summed E-state index contributed by atoms with van der Waals surface area (Å²) in [5.41, 5.74) is 0.370. The molecular weight excluding hydrogens is 376 g/mol. The fraction of sp³-hybridized carbons (Fsp3) is 0.692. The SMILES string of the molecule is CCCCCCCCC(=O)Oc1ccccc1OC(=O)CCCCCCC(C)(C)C. The highest BCUT2D eigenvalue weighted by Gasteiger charge is 2.13. The Balaban J connectivity index is 2.31. The van der Waals surface area contributed by atoms with Gasteiger partial charge >= 0.3 is 11.9 Å². The van der Waals surface area contributed by atoms with Gasteiger partial charge in [0.25, 0.3) is 0 Å². The minimum Gasteiger partial charge on any atom is -0.423 e. The molecule has 0 bridgehead atoms. The van der Waals surface area contributed by atoms with Crippen molar-refractivity contribution < 1.29 is 19.1 Å². The molecule has 4 heteroatoms. The fourth-order valence-electron chi connectivity index (χ4n) is 3.29. The van der Waals surface area contributed by atoms with Crippen molar-refractivity contribution in [3.63, 3.8) is 0 Å². The summed E-state index contributed by atoms with van der Waals surface area (Å²) in [6.07, 6.45) is 12.9. The molecule has 170 valence electrons. The Kier molecular flexibility index (Phi) is 13.1. The lowest BCUT2D eigenvalue weighted by Gasteiger charge is -2.17. The van der Waals surface area contributed by atoms with E-state index < -0.39 is 0 Å². The Labute approximate surface area is 183 Å². The highest BCUT2D eigenvalue weighted by molar-refractivity contribution is 5.76. The number of carbonyl (C=O) groups is 2. The summed E-state index contributed by atoms with van der Waals surface area (Å²) in [7, 11) is 0. The number of ether oxygens (including phenoxy) is 2. The van der Waals surface area contributed by atoms with E-state index in [0.29, 0.717) is 29.8 Å². The van der Waals surface area contributed by atoms with Gasteiger partial charge in [-0.25, -0.2) is 0 Å². The van der Waals surface area contributed by atoms with Crippen LogP contribution in [0.2, 0.25) is 0 Å². The summed E-state index contributed by atoms with van der Waals surface area (Å²) in [5, 5.41) is 0. The van der Waals surface area contributed by atoms with Crippen LogP contribution >= 0.6 is 0 Å². The van der Waals surface area contributed by atoms with E-state index >= 15 is 0 Å². The Morgan fingerprint density at radius 2 is 1.13 bits per heavy atom. The van der Waals surface area contributed by atoms with Gasteiger partial charge < -0.3 is 9.47 Å². The normalized spacial score (nSPS) is 11.3. The predicted octanol–water partition coefficient (Wildman–Crippen LogP) is 7.63. The number of rotatable bonds is 15. The average Bonchev–Trinajstić information content (AvgIpc) is 2.68. The van der Waals surface area contributed by atoms with Gasteiger partial charge in [-0.15, -0.1) is 0 Å². The topological polar surface area (TPSA) is 52.6 Å². The van der Waals surface area contributed by atoms with Gasteiger partial charge in [0.2, 0.25) is 0 Å². The molecule has 0 atom stereocenters. The van der Waals surface area contributed by atoms with Crippen molar-refractivity contribution in [3.05, 3.63) is 24.3 Å². The molecule has 0 unspecified atom stereocenters. The monoisotopic (exact) mass is 418 g/mol. The van der Waals surface area contributed by atoms with E-state index in [1.807, 2.05) is 0 Å². The van der Waals surface area contributed by atoms with Crippen molar-refractivity contribution in [1.29, 1.82) is 0 Å². The second-order valence-electron chi connectivity index (χ2n) is 9.39. The van der Waals surface area contributed by atoms with E-state index in [2.05, 4.69) is 27.7 Å². The highest BCUT2D eigenvalue weighted by Crippen LogP contribution is 2.28. The zero-order valence-electron chi connectivity index (χ0n) is 19.6. The maximum Gasteiger partial charge on any atom is 0.311 e. The summed E-state index contributed by atoms with van der Waals surface area (Å²) >= 11 is 0. The van der Waals surface area contributed by atoms with Gasteiger partial charge in [0, 0.05) is 12.8 Å². The van der Waals surface area contributed by atoms with Crippen molar-refractivity contribution in [2.24, 2.45) is 5.41 Å². The smallest absolute Gasteiger partial charge is 0.311 e. The van der Waals surface area contributed by atoms with Crippen molar-refractivity contribution in [1.82, 2.24) is 0 Å². The quantitative estimate of drug-likeness (QED) is 0.167. The Morgan fingerprint density at radius 3 is 1.60 bits per heavy atom. The number of hydrogen-bond donors (Lipinski definition) is 0. The molecule has 0 fully saturated rings. The minimum absolute atomic E-state index is 0.271. The van der Waals surface area contributed by atoms with Crippen LogP contribution in [0.25, 0.3) is 0 Å². The zero-order chi connectivity index (χ0) is 22.2. The molecule has 1 aromatic rings. The molecule has 0 aromatic heterocycles. The first-order valence-electron chi connectivity index (χ1n) is 11.8. The summed E-state index contributed by atoms with van der Waals surface area (Å²) < 4.78 is 10.9. The van der Waals surface area contributed by atoms with Crippen LogP contribution in [0.5, 0.6) is 11.5 Å². The first kappa shape index (κ1) is 26.2. The molecule has 0 radical (unpaired) electrons. The van der Waals surface area contributed by atoms with Crippen LogP contribution in [0.1, 0.15) is 111 Å². The molecular formula is C26H42O4. The van der Waals surface area contributed by atoms with Crippen molar-refractivity contribution in [2.75, 3.05) is 0 Å². The van der Waals surface area contributed by atoms with Crippen LogP contribution in [0.15, 0.2) is 24.3 Å². The number of esters is 2. The third kappa shape index (κ3) is 13.4. The fourth-order valence-corrected chi connectivity index (χ4v) is 3.29. The molecule has 0 aliphatic heterocycles. The van der Waals surface area contributed by atoms with E-state index in [0.717, 1.165) is 38.5 Å². The number of para-hydroxylation sites is 2. The number of benzene rings is 1. The molecule has 30 heavy (non-hydrogen) atoms. The van der Waals surface area contributed by atoms with E-state index in [1.165, 1.54) is 32.1 Å². The molecule has 0 saturated carbocycles. The Bertz CT molecular complexity index is 616. The second kappa shape index (κ2) is 15.0. The molecule has 0 aliphatic carbocycles. The largest absolute Gasteiger partial charge is 0.423 e. The third-order valence-electron chi connectivity index (χ3n) is 5.09. The van der Waals surface area contributed by atoms with Gasteiger partial charge in [0.1, 0.15) is 0 Å². The third-order valence-corrected chi connectivity index (χ3v) is 5.09. The Morgan fingerprint density at radius 1 is 0.700 bits per heavy atom. The minimum atomic E-state index is -0.273. The van der Waals surface area contributed by atoms with Gasteiger partial charge in [-0.2, -0.15) is 0 Å². The number of unbranched alkanes of at least 4 members (excludes halogenated alkanes) is 8. The van der Waals surface area contributed by atoms with E-state index in [-0.39, 0.29) is 11.9 Å². The van der Waals surface area contributed by atoms with Gasteiger partial charge in [-0.3, -0.25) is 9.59 Å². The van der Waals surface area contributed by atoms with Crippen molar-refractivity contribution >= 4 is 11.9 Å². The lowest BCUT2D eigenvalue weighted by Crippen LogP contribution is -2.12. The molecule has 0 amide bonds. The highest BCUT2D eigenvalue weighted by atomic mass is 16.6. The number of carbonyl (C=O) groups excluding carboxylic acids is 2. The first-order chi connectivity index (χ1) is 14.3. The van der Waals surface area contributed by atoms with Gasteiger partial charge in [-0.05, 0) is 36.8 Å². The summed E-state index contributed by atoms with van der Waals surface area (Å²) in [6, 6.07) is 6.91. The van der Waals surface area contributed by atoms with Crippen molar-refractivity contribution in [2.45, 2.75) is 111 Å². The molecule has 0 N–H and O–H groups in total. The lowest BCUT2D eigenvalue weighted by atomic mass is 9.89. The van der Waals surface area contributed by atoms with E-state index in [9.17, 15) is 9.59 Å². The molecule has 0 heterocycles. The first-order valence-corrected chi connectivity index (χ1v) is 11.8. The van der Waals surface area contributed by atoms with Crippen LogP contribution in [0.4, 0.5) is 0 Å². The van der Waals surface area contributed by atoms with Crippen LogP contribution in [0.3, 0.4) is 0 Å². The van der Waals surface area contributed by atoms with E-state index in [1.54, 1.807) is 24.3 Å². The summed E-state index contributed by atoms with van der Waals surface area (Å²) in [5.74, 6) is 0.108. The second-order valence-corrected chi connectivity index (χ2v) is 9.39. The molecule has 0 saturated heterocycles. The maximum absolute atomic E-state index is 12.2.